The van der Waals surface area contributed by atoms with Crippen LogP contribution in [0.5, 0.6) is 5.75 Å². The maximum absolute atomic E-state index is 13.5. The van der Waals surface area contributed by atoms with E-state index in [0.717, 1.165) is 17.7 Å². The summed E-state index contributed by atoms with van der Waals surface area (Å²) in [7, 11) is 1.66. The quantitative estimate of drug-likeness (QED) is 0.689. The Morgan fingerprint density at radius 1 is 0.966 bits per heavy atom. The number of rotatable bonds is 4. The molecular weight excluding hydrogens is 358 g/mol. The van der Waals surface area contributed by atoms with Gasteiger partial charge in [0.25, 0.3) is 0 Å². The van der Waals surface area contributed by atoms with Crippen LogP contribution < -0.4 is 10.1 Å². The van der Waals surface area contributed by atoms with E-state index in [9.17, 15) is 4.79 Å². The first-order valence-electron chi connectivity index (χ1n) is 10.2. The van der Waals surface area contributed by atoms with E-state index in [2.05, 4.69) is 60.8 Å². The zero-order chi connectivity index (χ0) is 20.0. The molecule has 3 aliphatic rings. The summed E-state index contributed by atoms with van der Waals surface area (Å²) >= 11 is 0. The number of methoxy groups -OCH3 is 1. The van der Waals surface area contributed by atoms with Gasteiger partial charge in [-0.15, -0.1) is 0 Å². The first kappa shape index (κ1) is 18.0. The fourth-order valence-corrected chi connectivity index (χ4v) is 5.36. The summed E-state index contributed by atoms with van der Waals surface area (Å²) in [6, 6.07) is 25.2. The molecule has 29 heavy (non-hydrogen) atoms. The van der Waals surface area contributed by atoms with Crippen molar-refractivity contribution in [3.8, 4) is 5.75 Å². The standard InChI is InChI=1S/C26H25NO2/c1-26(25(28)27-16-17-8-7-9-18(14-17)29-2)15-23-19-10-3-5-12-21(19)24(26)22-13-6-4-11-20(22)23/h3-14,23-24H,15-16H2,1-2H3,(H,27,28). The smallest absolute Gasteiger partial charge is 0.227 e. The number of benzene rings is 3. The maximum atomic E-state index is 13.5. The lowest BCUT2D eigenvalue weighted by atomic mass is 9.52. The average Bonchev–Trinajstić information content (AvgIpc) is 2.77. The second-order valence-electron chi connectivity index (χ2n) is 8.40. The highest BCUT2D eigenvalue weighted by Gasteiger charge is 2.53. The molecule has 0 saturated carbocycles. The fourth-order valence-electron chi connectivity index (χ4n) is 5.36. The minimum absolute atomic E-state index is 0.0882. The molecular formula is C26H25NO2. The van der Waals surface area contributed by atoms with E-state index >= 15 is 0 Å². The Kier molecular flexibility index (Phi) is 4.20. The van der Waals surface area contributed by atoms with Gasteiger partial charge in [0, 0.05) is 18.4 Å². The summed E-state index contributed by atoms with van der Waals surface area (Å²) < 4.78 is 5.30. The molecule has 1 amide bonds. The molecule has 3 aromatic rings. The molecule has 0 aliphatic heterocycles. The Morgan fingerprint density at radius 2 is 1.59 bits per heavy atom. The largest absolute Gasteiger partial charge is 0.497 e. The molecule has 3 aromatic carbocycles. The van der Waals surface area contributed by atoms with E-state index in [0.29, 0.717) is 6.54 Å². The third-order valence-corrected chi connectivity index (χ3v) is 6.74. The Hall–Kier alpha value is -3.07. The van der Waals surface area contributed by atoms with Crippen LogP contribution >= 0.6 is 0 Å². The summed E-state index contributed by atoms with van der Waals surface area (Å²) in [6.45, 7) is 2.64. The zero-order valence-electron chi connectivity index (χ0n) is 16.8. The molecule has 6 rings (SSSR count). The van der Waals surface area contributed by atoms with Crippen LogP contribution in [0.4, 0.5) is 0 Å². The van der Waals surface area contributed by atoms with Crippen molar-refractivity contribution >= 4 is 5.91 Å². The average molecular weight is 383 g/mol. The second-order valence-corrected chi connectivity index (χ2v) is 8.40. The molecule has 146 valence electrons. The van der Waals surface area contributed by atoms with Gasteiger partial charge in [0.05, 0.1) is 12.5 Å². The molecule has 0 spiro atoms. The molecule has 1 atom stereocenters. The first-order valence-corrected chi connectivity index (χ1v) is 10.2. The summed E-state index contributed by atoms with van der Waals surface area (Å²) in [5.41, 5.74) is 5.96. The lowest BCUT2D eigenvalue weighted by molar-refractivity contribution is -0.132. The van der Waals surface area contributed by atoms with E-state index in [1.54, 1.807) is 7.11 Å². The van der Waals surface area contributed by atoms with Crippen molar-refractivity contribution < 1.29 is 9.53 Å². The van der Waals surface area contributed by atoms with E-state index in [1.807, 2.05) is 24.3 Å². The normalized spacial score (nSPS) is 23.8. The summed E-state index contributed by atoms with van der Waals surface area (Å²) in [4.78, 5) is 13.5. The van der Waals surface area contributed by atoms with Gasteiger partial charge in [-0.3, -0.25) is 4.79 Å². The molecule has 0 heterocycles. The monoisotopic (exact) mass is 383 g/mol. The predicted octanol–water partition coefficient (Wildman–Crippen LogP) is 5.00. The number of amides is 1. The minimum atomic E-state index is -0.466. The van der Waals surface area contributed by atoms with E-state index in [4.69, 9.17) is 4.74 Å². The van der Waals surface area contributed by atoms with Gasteiger partial charge in [0.2, 0.25) is 5.91 Å². The van der Waals surface area contributed by atoms with E-state index in [1.165, 1.54) is 22.3 Å². The number of hydrogen-bond donors (Lipinski definition) is 1. The van der Waals surface area contributed by atoms with Gasteiger partial charge < -0.3 is 10.1 Å². The van der Waals surface area contributed by atoms with Crippen molar-refractivity contribution in [3.63, 3.8) is 0 Å². The van der Waals surface area contributed by atoms with Gasteiger partial charge in [-0.2, -0.15) is 0 Å². The summed E-state index contributed by atoms with van der Waals surface area (Å²) in [6.07, 6.45) is 0.843. The Labute approximate surface area is 171 Å². The van der Waals surface area contributed by atoms with Crippen molar-refractivity contribution in [2.75, 3.05) is 7.11 Å². The van der Waals surface area contributed by atoms with Crippen molar-refractivity contribution in [3.05, 3.63) is 101 Å². The molecule has 0 radical (unpaired) electrons. The molecule has 3 heteroatoms. The minimum Gasteiger partial charge on any atom is -0.497 e. The SMILES string of the molecule is COc1cccc(CNC(=O)C2(C)CC3c4ccccc4C2c2ccccc23)c1. The van der Waals surface area contributed by atoms with E-state index < -0.39 is 5.41 Å². The van der Waals surface area contributed by atoms with Crippen molar-refractivity contribution in [1.29, 1.82) is 0 Å². The Balaban J connectivity index is 1.48. The van der Waals surface area contributed by atoms with Gasteiger partial charge in [-0.25, -0.2) is 0 Å². The van der Waals surface area contributed by atoms with Crippen molar-refractivity contribution in [2.45, 2.75) is 31.7 Å². The second kappa shape index (κ2) is 6.77. The number of nitrogens with one attached hydrogen (secondary N) is 1. The highest BCUT2D eigenvalue weighted by Crippen LogP contribution is 2.60. The molecule has 3 aliphatic carbocycles. The lowest BCUT2D eigenvalue weighted by Crippen LogP contribution is -2.49. The van der Waals surface area contributed by atoms with Crippen LogP contribution in [0.25, 0.3) is 0 Å². The van der Waals surface area contributed by atoms with Crippen LogP contribution in [0.1, 0.15) is 53.0 Å². The molecule has 2 bridgehead atoms. The number of ether oxygens (including phenoxy) is 1. The van der Waals surface area contributed by atoms with Gasteiger partial charge in [-0.1, -0.05) is 60.7 Å². The Morgan fingerprint density at radius 3 is 2.21 bits per heavy atom. The number of carbonyl (C=O) groups is 1. The molecule has 1 unspecified atom stereocenters. The maximum Gasteiger partial charge on any atom is 0.227 e. The predicted molar refractivity (Wildman–Crippen MR) is 114 cm³/mol. The highest BCUT2D eigenvalue weighted by atomic mass is 16.5. The molecule has 0 aromatic heterocycles. The summed E-state index contributed by atoms with van der Waals surface area (Å²) in [5.74, 6) is 1.30. The van der Waals surface area contributed by atoms with Crippen LogP contribution in [-0.4, -0.2) is 13.0 Å². The molecule has 3 nitrogen and oxygen atoms in total. The summed E-state index contributed by atoms with van der Waals surface area (Å²) in [5, 5.41) is 3.21. The van der Waals surface area contributed by atoms with Crippen LogP contribution in [0.2, 0.25) is 0 Å². The molecule has 1 N–H and O–H groups in total. The third-order valence-electron chi connectivity index (χ3n) is 6.74. The van der Waals surface area contributed by atoms with Gasteiger partial charge in [0.15, 0.2) is 0 Å². The van der Waals surface area contributed by atoms with Crippen LogP contribution in [-0.2, 0) is 11.3 Å². The number of hydrogen-bond acceptors (Lipinski definition) is 2. The van der Waals surface area contributed by atoms with Gasteiger partial charge in [0.1, 0.15) is 5.75 Å². The fraction of sp³-hybridized carbons (Fsp3) is 0.269. The highest BCUT2D eigenvalue weighted by molar-refractivity contribution is 5.86. The van der Waals surface area contributed by atoms with Gasteiger partial charge in [-0.05, 0) is 53.3 Å². The zero-order valence-corrected chi connectivity index (χ0v) is 16.8. The first-order chi connectivity index (χ1) is 14.1. The number of fused-ring (bicyclic) bond motifs is 1. The van der Waals surface area contributed by atoms with E-state index in [-0.39, 0.29) is 17.7 Å². The molecule has 0 fully saturated rings. The van der Waals surface area contributed by atoms with Crippen LogP contribution in [0.15, 0.2) is 72.8 Å². The lowest BCUT2D eigenvalue weighted by Gasteiger charge is -2.50. The van der Waals surface area contributed by atoms with Gasteiger partial charge >= 0.3 is 0 Å². The number of carbonyl (C=O) groups excluding carboxylic acids is 1. The van der Waals surface area contributed by atoms with Crippen LogP contribution in [0.3, 0.4) is 0 Å². The topological polar surface area (TPSA) is 38.3 Å². The molecule has 0 saturated heterocycles. The Bertz CT molecular complexity index is 1040. The van der Waals surface area contributed by atoms with Crippen molar-refractivity contribution in [2.24, 2.45) is 5.41 Å². The third kappa shape index (κ3) is 2.76. The van der Waals surface area contributed by atoms with Crippen molar-refractivity contribution in [1.82, 2.24) is 5.32 Å². The van der Waals surface area contributed by atoms with Crippen LogP contribution in [0, 0.1) is 5.41 Å².